The van der Waals surface area contributed by atoms with Gasteiger partial charge in [0.05, 0.1) is 11.4 Å². The molecule has 2 amide bonds. The van der Waals surface area contributed by atoms with Gasteiger partial charge in [-0.3, -0.25) is 9.59 Å². The lowest BCUT2D eigenvalue weighted by Crippen LogP contribution is -2.54. The summed E-state index contributed by atoms with van der Waals surface area (Å²) in [5, 5.41) is 3.04. The minimum Gasteiger partial charge on any atom is -0.358 e. The van der Waals surface area contributed by atoms with Crippen molar-refractivity contribution >= 4 is 23.2 Å². The van der Waals surface area contributed by atoms with E-state index >= 15 is 0 Å². The fraction of sp³-hybridized carbons (Fsp3) is 0.619. The van der Waals surface area contributed by atoms with E-state index in [-0.39, 0.29) is 17.9 Å². The number of hydrogen-bond acceptors (Lipinski definition) is 4. The van der Waals surface area contributed by atoms with Crippen LogP contribution in [0.2, 0.25) is 0 Å². The van der Waals surface area contributed by atoms with Gasteiger partial charge in [0, 0.05) is 32.2 Å². The summed E-state index contributed by atoms with van der Waals surface area (Å²) in [6.07, 6.45) is 6.98. The Morgan fingerprint density at radius 3 is 2.67 bits per heavy atom. The number of piperidine rings is 2. The van der Waals surface area contributed by atoms with E-state index in [4.69, 9.17) is 0 Å². The van der Waals surface area contributed by atoms with E-state index in [1.165, 1.54) is 19.3 Å². The third-order valence-corrected chi connectivity index (χ3v) is 6.19. The molecule has 2 fully saturated rings. The summed E-state index contributed by atoms with van der Waals surface area (Å²) in [6, 6.07) is 5.73. The van der Waals surface area contributed by atoms with Gasteiger partial charge in [0.1, 0.15) is 6.04 Å². The molecule has 0 aromatic heterocycles. The number of nitrogens with zero attached hydrogens (tertiary/aromatic N) is 3. The zero-order valence-electron chi connectivity index (χ0n) is 16.2. The molecule has 0 radical (unpaired) electrons. The summed E-state index contributed by atoms with van der Waals surface area (Å²) in [5.41, 5.74) is 2.55. The van der Waals surface area contributed by atoms with Crippen LogP contribution in [0.3, 0.4) is 0 Å². The minimum absolute atomic E-state index is 0.0412. The monoisotopic (exact) mass is 370 g/mol. The van der Waals surface area contributed by atoms with Gasteiger partial charge in [-0.2, -0.15) is 0 Å². The van der Waals surface area contributed by atoms with Crippen molar-refractivity contribution in [1.82, 2.24) is 10.2 Å². The highest BCUT2D eigenvalue weighted by Crippen LogP contribution is 2.39. The lowest BCUT2D eigenvalue weighted by atomic mass is 9.96. The zero-order valence-corrected chi connectivity index (χ0v) is 16.2. The SMILES string of the molecule is CN1C(=O)[C@H]2CCCCN2c2ccc(C(=O)NCCN3CCCCC3)cc21. The van der Waals surface area contributed by atoms with Gasteiger partial charge in [0.2, 0.25) is 5.91 Å². The van der Waals surface area contributed by atoms with E-state index in [1.807, 2.05) is 25.2 Å². The van der Waals surface area contributed by atoms with Gasteiger partial charge in [-0.25, -0.2) is 0 Å². The second kappa shape index (κ2) is 7.89. The summed E-state index contributed by atoms with van der Waals surface area (Å²) >= 11 is 0. The predicted molar refractivity (Wildman–Crippen MR) is 107 cm³/mol. The van der Waals surface area contributed by atoms with E-state index in [0.29, 0.717) is 12.1 Å². The number of carbonyl (C=O) groups is 2. The van der Waals surface area contributed by atoms with Crippen molar-refractivity contribution in [1.29, 1.82) is 0 Å². The Labute approximate surface area is 161 Å². The second-order valence-electron chi connectivity index (χ2n) is 7.96. The van der Waals surface area contributed by atoms with Crippen LogP contribution in [0, 0.1) is 0 Å². The molecule has 0 aliphatic carbocycles. The van der Waals surface area contributed by atoms with Gasteiger partial charge in [0.25, 0.3) is 5.91 Å². The van der Waals surface area contributed by atoms with Crippen LogP contribution in [0.25, 0.3) is 0 Å². The first-order valence-electron chi connectivity index (χ1n) is 10.3. The molecule has 4 rings (SSSR count). The number of carbonyl (C=O) groups excluding carboxylic acids is 2. The maximum Gasteiger partial charge on any atom is 0.251 e. The van der Waals surface area contributed by atoms with Crippen molar-refractivity contribution in [2.24, 2.45) is 0 Å². The van der Waals surface area contributed by atoms with E-state index < -0.39 is 0 Å². The molecule has 6 nitrogen and oxygen atoms in total. The Morgan fingerprint density at radius 1 is 1.07 bits per heavy atom. The van der Waals surface area contributed by atoms with E-state index in [9.17, 15) is 9.59 Å². The molecule has 146 valence electrons. The van der Waals surface area contributed by atoms with E-state index in [2.05, 4.69) is 15.1 Å². The van der Waals surface area contributed by atoms with Crippen molar-refractivity contribution in [3.63, 3.8) is 0 Å². The van der Waals surface area contributed by atoms with Gasteiger partial charge in [-0.05, 0) is 63.4 Å². The van der Waals surface area contributed by atoms with Gasteiger partial charge in [0.15, 0.2) is 0 Å². The quantitative estimate of drug-likeness (QED) is 0.883. The number of rotatable bonds is 4. The van der Waals surface area contributed by atoms with Gasteiger partial charge < -0.3 is 20.0 Å². The molecule has 27 heavy (non-hydrogen) atoms. The highest BCUT2D eigenvalue weighted by molar-refractivity contribution is 6.07. The van der Waals surface area contributed by atoms with Crippen LogP contribution in [0.15, 0.2) is 18.2 Å². The molecule has 2 saturated heterocycles. The van der Waals surface area contributed by atoms with Crippen LogP contribution in [-0.4, -0.2) is 62.5 Å². The molecule has 0 spiro atoms. The van der Waals surface area contributed by atoms with Crippen LogP contribution < -0.4 is 15.1 Å². The van der Waals surface area contributed by atoms with Crippen molar-refractivity contribution < 1.29 is 9.59 Å². The topological polar surface area (TPSA) is 55.9 Å². The highest BCUT2D eigenvalue weighted by atomic mass is 16.2. The summed E-state index contributed by atoms with van der Waals surface area (Å²) in [5.74, 6) is 0.0845. The smallest absolute Gasteiger partial charge is 0.251 e. The largest absolute Gasteiger partial charge is 0.358 e. The maximum atomic E-state index is 12.7. The molecule has 0 unspecified atom stereocenters. The second-order valence-corrected chi connectivity index (χ2v) is 7.96. The third kappa shape index (κ3) is 3.68. The molecule has 1 atom stereocenters. The summed E-state index contributed by atoms with van der Waals surface area (Å²) < 4.78 is 0. The van der Waals surface area contributed by atoms with Crippen molar-refractivity contribution in [2.75, 3.05) is 49.6 Å². The minimum atomic E-state index is -0.0589. The Morgan fingerprint density at radius 2 is 1.85 bits per heavy atom. The summed E-state index contributed by atoms with van der Waals surface area (Å²) in [7, 11) is 1.82. The zero-order chi connectivity index (χ0) is 18.8. The number of nitrogens with one attached hydrogen (secondary N) is 1. The van der Waals surface area contributed by atoms with Gasteiger partial charge in [-0.1, -0.05) is 6.42 Å². The average molecular weight is 370 g/mol. The number of fused-ring (bicyclic) bond motifs is 3. The fourth-order valence-corrected chi connectivity index (χ4v) is 4.61. The molecule has 3 aliphatic rings. The maximum absolute atomic E-state index is 12.7. The lowest BCUT2D eigenvalue weighted by molar-refractivity contribution is -0.120. The standard InChI is InChI=1S/C21H30N4O2/c1-23-19-15-16(20(26)22-10-14-24-11-4-2-5-12-24)8-9-17(19)25-13-6-3-7-18(25)21(23)27/h8-9,15,18H,2-7,10-14H2,1H3,(H,22,26)/t18-/m1/s1. The summed E-state index contributed by atoms with van der Waals surface area (Å²) in [6.45, 7) is 4.76. The molecule has 1 aromatic carbocycles. The molecular formula is C21H30N4O2. The fourth-order valence-electron chi connectivity index (χ4n) is 4.61. The number of benzene rings is 1. The number of hydrogen-bond donors (Lipinski definition) is 1. The van der Waals surface area contributed by atoms with Gasteiger partial charge in [-0.15, -0.1) is 0 Å². The molecule has 3 aliphatic heterocycles. The van der Waals surface area contributed by atoms with Crippen LogP contribution >= 0.6 is 0 Å². The van der Waals surface area contributed by atoms with Crippen LogP contribution in [0.1, 0.15) is 48.9 Å². The molecular weight excluding hydrogens is 340 g/mol. The Balaban J connectivity index is 1.44. The molecule has 0 saturated carbocycles. The van der Waals surface area contributed by atoms with E-state index in [1.54, 1.807) is 4.90 Å². The predicted octanol–water partition coefficient (Wildman–Crippen LogP) is 2.24. The van der Waals surface area contributed by atoms with Crippen LogP contribution in [0.4, 0.5) is 11.4 Å². The number of likely N-dealkylation sites (N-methyl/N-ethyl adjacent to an activating group) is 1. The van der Waals surface area contributed by atoms with Crippen molar-refractivity contribution in [3.05, 3.63) is 23.8 Å². The molecule has 0 bridgehead atoms. The van der Waals surface area contributed by atoms with Crippen molar-refractivity contribution in [2.45, 2.75) is 44.6 Å². The summed E-state index contributed by atoms with van der Waals surface area (Å²) in [4.78, 5) is 31.7. The first kappa shape index (κ1) is 18.3. The Hall–Kier alpha value is -2.08. The molecule has 3 heterocycles. The van der Waals surface area contributed by atoms with Crippen molar-refractivity contribution in [3.8, 4) is 0 Å². The first-order valence-corrected chi connectivity index (χ1v) is 10.3. The number of likely N-dealkylation sites (tertiary alicyclic amines) is 1. The Kier molecular flexibility index (Phi) is 5.34. The molecule has 1 N–H and O–H groups in total. The average Bonchev–Trinajstić information content (AvgIpc) is 2.72. The first-order chi connectivity index (χ1) is 13.1. The van der Waals surface area contributed by atoms with Crippen LogP contribution in [-0.2, 0) is 4.79 Å². The third-order valence-electron chi connectivity index (χ3n) is 6.19. The van der Waals surface area contributed by atoms with E-state index in [0.717, 1.165) is 56.8 Å². The normalized spacial score (nSPS) is 23.0. The molecule has 6 heteroatoms. The molecule has 1 aromatic rings. The number of anilines is 2. The lowest BCUT2D eigenvalue weighted by Gasteiger charge is -2.44. The highest BCUT2D eigenvalue weighted by Gasteiger charge is 2.37. The van der Waals surface area contributed by atoms with Crippen LogP contribution in [0.5, 0.6) is 0 Å². The van der Waals surface area contributed by atoms with Gasteiger partial charge >= 0.3 is 0 Å². The number of amides is 2. The Bertz CT molecular complexity index is 714.